The van der Waals surface area contributed by atoms with Gasteiger partial charge in [-0.2, -0.15) is 0 Å². The van der Waals surface area contributed by atoms with Crippen LogP contribution in [0.3, 0.4) is 0 Å². The van der Waals surface area contributed by atoms with Crippen molar-refractivity contribution >= 4 is 11.8 Å². The lowest BCUT2D eigenvalue weighted by molar-refractivity contribution is -0.268. The second kappa shape index (κ2) is 7.70. The van der Waals surface area contributed by atoms with E-state index in [0.29, 0.717) is 47.2 Å². The van der Waals surface area contributed by atoms with Crippen molar-refractivity contribution in [1.29, 1.82) is 0 Å². The second-order valence-corrected chi connectivity index (χ2v) is 15.2. The minimum atomic E-state index is -0.297. The third-order valence-corrected chi connectivity index (χ3v) is 13.5. The Morgan fingerprint density at radius 3 is 2.23 bits per heavy atom. The summed E-state index contributed by atoms with van der Waals surface area (Å²) in [6, 6.07) is 0. The van der Waals surface area contributed by atoms with Gasteiger partial charge in [-0.3, -0.25) is 9.59 Å². The number of Topliss-reactive ketones (excluding diaryl/α,β-unsaturated/α-hetero) is 1. The fraction of sp³-hybridized carbons (Fsp3) is 0.875. The number of fused-ring (bicyclic) bond motifs is 7. The van der Waals surface area contributed by atoms with Crippen molar-refractivity contribution < 1.29 is 14.3 Å². The topological polar surface area (TPSA) is 43.4 Å². The van der Waals surface area contributed by atoms with Crippen molar-refractivity contribution in [1.82, 2.24) is 0 Å². The molecule has 0 bridgehead atoms. The Balaban J connectivity index is 1.64. The number of allylic oxidation sites excluding steroid dienone is 1. The zero-order valence-corrected chi connectivity index (χ0v) is 23.8. The molecule has 0 aromatic carbocycles. The fourth-order valence-corrected chi connectivity index (χ4v) is 11.7. The lowest BCUT2D eigenvalue weighted by Crippen LogP contribution is -2.70. The van der Waals surface area contributed by atoms with E-state index in [4.69, 9.17) is 4.74 Å². The first-order valence-corrected chi connectivity index (χ1v) is 14.5. The Hall–Kier alpha value is -1.12. The van der Waals surface area contributed by atoms with Crippen molar-refractivity contribution in [3.8, 4) is 0 Å². The first kappa shape index (κ1) is 25.5. The monoisotopic (exact) mass is 482 g/mol. The van der Waals surface area contributed by atoms with E-state index < -0.39 is 0 Å². The number of rotatable bonds is 2. The fourth-order valence-electron chi connectivity index (χ4n) is 11.7. The van der Waals surface area contributed by atoms with Crippen LogP contribution in [0.5, 0.6) is 0 Å². The highest BCUT2D eigenvalue weighted by Gasteiger charge is 2.73. The highest BCUT2D eigenvalue weighted by atomic mass is 16.5. The maximum Gasteiger partial charge on any atom is 0.302 e. The van der Waals surface area contributed by atoms with E-state index in [-0.39, 0.29) is 33.7 Å². The molecule has 196 valence electrons. The van der Waals surface area contributed by atoms with Gasteiger partial charge in [0.1, 0.15) is 11.9 Å². The molecule has 5 aliphatic carbocycles. The van der Waals surface area contributed by atoms with Gasteiger partial charge in [0, 0.05) is 24.7 Å². The van der Waals surface area contributed by atoms with Crippen LogP contribution in [0.2, 0.25) is 0 Å². The number of carbonyl (C=O) groups is 2. The van der Waals surface area contributed by atoms with Gasteiger partial charge in [0.2, 0.25) is 0 Å². The predicted octanol–water partition coefficient (Wildman–Crippen LogP) is 7.77. The molecule has 0 aromatic rings. The Morgan fingerprint density at radius 1 is 0.914 bits per heavy atom. The molecule has 0 amide bonds. The van der Waals surface area contributed by atoms with E-state index >= 15 is 0 Å². The van der Waals surface area contributed by atoms with Crippen LogP contribution in [0.1, 0.15) is 113 Å². The molecule has 5 saturated carbocycles. The standard InChI is InChI=1S/C32H50O3/c1-19(2)21-10-13-29(6)16-17-31(8)22(26(21)29)18-23(35-20(3)33)27-30(7)14-12-25(34)28(4,5)24(30)11-15-32(27,31)9/h21-24,26-27H,1,10-18H2,2-9H3/t21-,22+,23+,24-,26+,27+,29+,30-,31+,32+/m0/s1. The van der Waals surface area contributed by atoms with Gasteiger partial charge >= 0.3 is 5.97 Å². The van der Waals surface area contributed by atoms with Crippen LogP contribution in [0.25, 0.3) is 0 Å². The maximum absolute atomic E-state index is 13.1. The summed E-state index contributed by atoms with van der Waals surface area (Å²) in [6.45, 7) is 22.9. The Morgan fingerprint density at radius 2 is 1.60 bits per heavy atom. The minimum absolute atomic E-state index is 0.0166. The Labute approximate surface area is 214 Å². The van der Waals surface area contributed by atoms with E-state index in [1.54, 1.807) is 6.92 Å². The van der Waals surface area contributed by atoms with Gasteiger partial charge in [0.15, 0.2) is 0 Å². The van der Waals surface area contributed by atoms with E-state index in [1.807, 2.05) is 0 Å². The summed E-state index contributed by atoms with van der Waals surface area (Å²) >= 11 is 0. The smallest absolute Gasteiger partial charge is 0.302 e. The molecule has 0 aliphatic heterocycles. The lowest BCUT2D eigenvalue weighted by Gasteiger charge is -2.73. The van der Waals surface area contributed by atoms with Gasteiger partial charge in [0.25, 0.3) is 0 Å². The largest absolute Gasteiger partial charge is 0.462 e. The number of hydrogen-bond donors (Lipinski definition) is 0. The molecule has 35 heavy (non-hydrogen) atoms. The highest BCUT2D eigenvalue weighted by molar-refractivity contribution is 5.85. The molecule has 0 spiro atoms. The van der Waals surface area contributed by atoms with Crippen molar-refractivity contribution in [3.63, 3.8) is 0 Å². The first-order chi connectivity index (χ1) is 16.1. The molecular weight excluding hydrogens is 432 g/mol. The summed E-state index contributed by atoms with van der Waals surface area (Å²) < 4.78 is 6.36. The molecule has 5 aliphatic rings. The molecule has 3 nitrogen and oxygen atoms in total. The van der Waals surface area contributed by atoms with E-state index in [1.165, 1.54) is 31.3 Å². The van der Waals surface area contributed by atoms with Crippen LogP contribution in [-0.4, -0.2) is 17.9 Å². The third kappa shape index (κ3) is 3.21. The van der Waals surface area contributed by atoms with Crippen LogP contribution < -0.4 is 0 Å². The second-order valence-electron chi connectivity index (χ2n) is 15.2. The third-order valence-electron chi connectivity index (χ3n) is 13.5. The number of ketones is 1. The molecule has 3 heteroatoms. The Kier molecular flexibility index (Phi) is 5.62. The van der Waals surface area contributed by atoms with Crippen molar-refractivity contribution in [2.24, 2.45) is 56.7 Å². The molecule has 0 saturated heterocycles. The van der Waals surface area contributed by atoms with Crippen LogP contribution >= 0.6 is 0 Å². The van der Waals surface area contributed by atoms with Crippen LogP contribution in [0.15, 0.2) is 12.2 Å². The molecule has 0 unspecified atom stereocenters. The van der Waals surface area contributed by atoms with E-state index in [2.05, 4.69) is 55.0 Å². The van der Waals surface area contributed by atoms with Crippen LogP contribution in [0, 0.1) is 56.7 Å². The Bertz CT molecular complexity index is 948. The molecule has 0 radical (unpaired) electrons. The maximum atomic E-state index is 13.1. The minimum Gasteiger partial charge on any atom is -0.462 e. The van der Waals surface area contributed by atoms with Crippen LogP contribution in [0.4, 0.5) is 0 Å². The summed E-state index contributed by atoms with van der Waals surface area (Å²) in [5.41, 5.74) is 1.76. The lowest BCUT2D eigenvalue weighted by atomic mass is 9.32. The molecule has 5 fully saturated rings. The highest BCUT2D eigenvalue weighted by Crippen LogP contribution is 2.77. The summed E-state index contributed by atoms with van der Waals surface area (Å²) in [7, 11) is 0. The number of hydrogen-bond acceptors (Lipinski definition) is 3. The van der Waals surface area contributed by atoms with Gasteiger partial charge in [-0.1, -0.05) is 53.7 Å². The molecule has 0 N–H and O–H groups in total. The zero-order chi connectivity index (χ0) is 25.8. The quantitative estimate of drug-likeness (QED) is 0.298. The molecule has 10 atom stereocenters. The molecular formula is C32H50O3. The average Bonchev–Trinajstić information content (AvgIpc) is 3.10. The van der Waals surface area contributed by atoms with Gasteiger partial charge < -0.3 is 4.74 Å². The normalized spacial score (nSPS) is 52.5. The summed E-state index contributed by atoms with van der Waals surface area (Å²) in [5, 5.41) is 0. The number of ether oxygens (including phenoxy) is 1. The van der Waals surface area contributed by atoms with Gasteiger partial charge in [-0.15, -0.1) is 0 Å². The average molecular weight is 483 g/mol. The first-order valence-electron chi connectivity index (χ1n) is 14.5. The summed E-state index contributed by atoms with van der Waals surface area (Å²) in [5.74, 6) is 2.71. The van der Waals surface area contributed by atoms with Gasteiger partial charge in [0.05, 0.1) is 0 Å². The molecule has 0 aromatic heterocycles. The number of carbonyl (C=O) groups excluding carboxylic acids is 2. The number of esters is 1. The summed E-state index contributed by atoms with van der Waals surface area (Å²) in [6.07, 6.45) is 9.93. The zero-order valence-electron chi connectivity index (χ0n) is 23.8. The van der Waals surface area contributed by atoms with E-state index in [9.17, 15) is 9.59 Å². The molecule has 5 rings (SSSR count). The molecule has 0 heterocycles. The van der Waals surface area contributed by atoms with Crippen molar-refractivity contribution in [2.75, 3.05) is 0 Å². The SMILES string of the molecule is C=C(C)[C@@H]1CC[C@]2(C)CC[C@]3(C)[C@H](C[C@@H](OC(C)=O)[C@@H]4[C@@]5(C)CCC(=O)C(C)(C)[C@@H]5CC[C@]43C)[C@@H]12. The summed E-state index contributed by atoms with van der Waals surface area (Å²) in [4.78, 5) is 25.6. The van der Waals surface area contributed by atoms with Crippen molar-refractivity contribution in [3.05, 3.63) is 12.2 Å². The van der Waals surface area contributed by atoms with Crippen LogP contribution in [-0.2, 0) is 14.3 Å². The van der Waals surface area contributed by atoms with E-state index in [0.717, 1.165) is 25.7 Å². The van der Waals surface area contributed by atoms with Crippen molar-refractivity contribution in [2.45, 2.75) is 119 Å². The van der Waals surface area contributed by atoms with Gasteiger partial charge in [-0.05, 0) is 104 Å². The van der Waals surface area contributed by atoms with Gasteiger partial charge in [-0.25, -0.2) is 0 Å². The predicted molar refractivity (Wildman–Crippen MR) is 141 cm³/mol.